The Balaban J connectivity index is 1.34. The Morgan fingerprint density at radius 2 is 1.88 bits per heavy atom. The molecular formula is C19H15ClF3N3O6. The van der Waals surface area contributed by atoms with Gasteiger partial charge in [-0.1, -0.05) is 17.7 Å². The number of benzene rings is 1. The lowest BCUT2D eigenvalue weighted by Gasteiger charge is -2.15. The van der Waals surface area contributed by atoms with Gasteiger partial charge in [-0.05, 0) is 18.2 Å². The molecule has 0 aliphatic carbocycles. The smallest absolute Gasteiger partial charge is 0.456 e. The van der Waals surface area contributed by atoms with Gasteiger partial charge in [0.15, 0.2) is 11.8 Å². The van der Waals surface area contributed by atoms with Crippen molar-refractivity contribution in [3.8, 4) is 23.4 Å². The number of ether oxygens (including phenoxy) is 5. The number of rotatable bonds is 5. The number of fused-ring (bicyclic) bond motifs is 2. The van der Waals surface area contributed by atoms with E-state index in [-0.39, 0.29) is 41.5 Å². The fourth-order valence-corrected chi connectivity index (χ4v) is 3.73. The van der Waals surface area contributed by atoms with Crippen LogP contribution >= 0.6 is 11.6 Å². The second kappa shape index (κ2) is 7.96. The average Bonchev–Trinajstić information content (AvgIpc) is 3.38. The average molecular weight is 474 g/mol. The largest absolute Gasteiger partial charge is 0.573 e. The summed E-state index contributed by atoms with van der Waals surface area (Å²) in [7, 11) is 0. The van der Waals surface area contributed by atoms with E-state index in [1.165, 1.54) is 18.2 Å². The van der Waals surface area contributed by atoms with E-state index in [0.717, 1.165) is 12.1 Å². The van der Waals surface area contributed by atoms with Crippen molar-refractivity contribution in [3.05, 3.63) is 35.4 Å². The number of imidazole rings is 1. The summed E-state index contributed by atoms with van der Waals surface area (Å²) in [5, 5.41) is 9.92. The van der Waals surface area contributed by atoms with Crippen LogP contribution in [0, 0.1) is 0 Å². The molecule has 0 spiro atoms. The number of H-pyrrole nitrogens is 1. The molecular weight excluding hydrogens is 459 g/mol. The molecule has 0 amide bonds. The van der Waals surface area contributed by atoms with Crippen LogP contribution in [0.3, 0.4) is 0 Å². The molecule has 0 saturated carbocycles. The van der Waals surface area contributed by atoms with Gasteiger partial charge in [0.25, 0.3) is 6.01 Å². The highest BCUT2D eigenvalue weighted by molar-refractivity contribution is 6.32. The first-order valence-electron chi connectivity index (χ1n) is 9.43. The number of hydrogen-bond acceptors (Lipinski definition) is 8. The van der Waals surface area contributed by atoms with Crippen molar-refractivity contribution in [1.29, 1.82) is 0 Å². The van der Waals surface area contributed by atoms with E-state index in [1.54, 1.807) is 0 Å². The summed E-state index contributed by atoms with van der Waals surface area (Å²) in [5.74, 6) is -0.467. The third-order valence-corrected chi connectivity index (χ3v) is 5.14. The highest BCUT2D eigenvalue weighted by atomic mass is 35.5. The van der Waals surface area contributed by atoms with Gasteiger partial charge < -0.3 is 33.8 Å². The molecule has 13 heteroatoms. The number of aromatic amines is 1. The van der Waals surface area contributed by atoms with Crippen molar-refractivity contribution in [2.45, 2.75) is 30.8 Å². The third-order valence-electron chi connectivity index (χ3n) is 4.87. The van der Waals surface area contributed by atoms with Crippen LogP contribution in [0.2, 0.25) is 5.02 Å². The lowest BCUT2D eigenvalue weighted by molar-refractivity contribution is -0.274. The molecule has 2 aromatic heterocycles. The molecule has 170 valence electrons. The summed E-state index contributed by atoms with van der Waals surface area (Å²) in [4.78, 5) is 11.4. The summed E-state index contributed by atoms with van der Waals surface area (Å²) in [6, 6.07) is 6.60. The molecule has 5 rings (SSSR count). The van der Waals surface area contributed by atoms with Crippen molar-refractivity contribution in [2.75, 3.05) is 13.2 Å². The molecule has 0 radical (unpaired) electrons. The van der Waals surface area contributed by atoms with E-state index in [1.807, 2.05) is 0 Å². The van der Waals surface area contributed by atoms with Crippen molar-refractivity contribution < 1.29 is 42.0 Å². The van der Waals surface area contributed by atoms with E-state index >= 15 is 0 Å². The van der Waals surface area contributed by atoms with E-state index < -0.39 is 36.5 Å². The fourth-order valence-electron chi connectivity index (χ4n) is 3.54. The standard InChI is InChI=1S/C19H15ClF3N3O6/c20-10-5-11-16(25-17(10)30-8-2-1-3-9(4-8)32-19(21,22)23)26-18(24-11)31-13-7-29-14-12(27)6-28-15(13)14/h1-5,12-15,27H,6-7H2,(H,24,25,26)/t12-,13-,14?,15?/m1/s1. The van der Waals surface area contributed by atoms with Crippen LogP contribution in [-0.4, -0.2) is 64.1 Å². The molecule has 2 saturated heterocycles. The number of aromatic nitrogens is 3. The van der Waals surface area contributed by atoms with Crippen LogP contribution in [0.25, 0.3) is 11.2 Å². The summed E-state index contributed by atoms with van der Waals surface area (Å²) in [6.07, 6.45) is -6.87. The summed E-state index contributed by atoms with van der Waals surface area (Å²) in [5.41, 5.74) is 0.666. The van der Waals surface area contributed by atoms with E-state index in [4.69, 9.17) is 30.5 Å². The van der Waals surface area contributed by atoms with Crippen molar-refractivity contribution in [2.24, 2.45) is 0 Å². The Bertz CT molecular complexity index is 1140. The van der Waals surface area contributed by atoms with Crippen molar-refractivity contribution >= 4 is 22.8 Å². The molecule has 4 atom stereocenters. The number of hydrogen-bond donors (Lipinski definition) is 2. The second-order valence-electron chi connectivity index (χ2n) is 7.13. The Kier molecular flexibility index (Phi) is 5.24. The molecule has 2 aliphatic rings. The molecule has 2 N–H and O–H groups in total. The van der Waals surface area contributed by atoms with Crippen LogP contribution in [0.1, 0.15) is 0 Å². The van der Waals surface area contributed by atoms with Gasteiger partial charge in [0.05, 0.1) is 18.7 Å². The molecule has 2 unspecified atom stereocenters. The number of alkyl halides is 3. The number of nitrogens with zero attached hydrogens (tertiary/aromatic N) is 2. The summed E-state index contributed by atoms with van der Waals surface area (Å²) < 4.78 is 63.5. The minimum absolute atomic E-state index is 0.0404. The Labute approximate surface area is 183 Å². The topological polar surface area (TPSA) is 108 Å². The second-order valence-corrected chi connectivity index (χ2v) is 7.54. The van der Waals surface area contributed by atoms with E-state index in [0.29, 0.717) is 5.52 Å². The maximum atomic E-state index is 12.4. The highest BCUT2D eigenvalue weighted by Crippen LogP contribution is 2.34. The maximum Gasteiger partial charge on any atom is 0.573 e. The monoisotopic (exact) mass is 473 g/mol. The van der Waals surface area contributed by atoms with Gasteiger partial charge >= 0.3 is 6.36 Å². The van der Waals surface area contributed by atoms with Gasteiger partial charge in [-0.2, -0.15) is 9.97 Å². The van der Waals surface area contributed by atoms with Crippen molar-refractivity contribution in [3.63, 3.8) is 0 Å². The molecule has 9 nitrogen and oxygen atoms in total. The maximum absolute atomic E-state index is 12.4. The summed E-state index contributed by atoms with van der Waals surface area (Å²) >= 11 is 6.21. The van der Waals surface area contributed by atoms with Crippen LogP contribution in [0.15, 0.2) is 30.3 Å². The first-order valence-corrected chi connectivity index (χ1v) is 9.81. The Hall–Kier alpha value is -2.80. The molecule has 0 bridgehead atoms. The Morgan fingerprint density at radius 1 is 1.09 bits per heavy atom. The SMILES string of the molecule is O[C@@H]1COC2C1OC[C@H]2Oc1nc2nc(Oc3cccc(OC(F)(F)F)c3)c(Cl)cc2[nH]1. The predicted octanol–water partition coefficient (Wildman–Crippen LogP) is 3.21. The minimum Gasteiger partial charge on any atom is -0.456 e. The van der Waals surface area contributed by atoms with Crippen LogP contribution in [-0.2, 0) is 9.47 Å². The molecule has 4 heterocycles. The predicted molar refractivity (Wildman–Crippen MR) is 102 cm³/mol. The van der Waals surface area contributed by atoms with Gasteiger partial charge in [0, 0.05) is 6.07 Å². The molecule has 3 aromatic rings. The quantitative estimate of drug-likeness (QED) is 0.581. The zero-order valence-electron chi connectivity index (χ0n) is 16.0. The molecule has 2 aliphatic heterocycles. The van der Waals surface area contributed by atoms with Crippen LogP contribution < -0.4 is 14.2 Å². The van der Waals surface area contributed by atoms with E-state index in [2.05, 4.69) is 19.7 Å². The van der Waals surface area contributed by atoms with E-state index in [9.17, 15) is 18.3 Å². The fraction of sp³-hybridized carbons (Fsp3) is 0.368. The highest BCUT2D eigenvalue weighted by Gasteiger charge is 2.48. The van der Waals surface area contributed by atoms with Crippen LogP contribution in [0.5, 0.6) is 23.4 Å². The minimum atomic E-state index is -4.83. The number of aliphatic hydroxyl groups is 1. The van der Waals surface area contributed by atoms with Gasteiger partial charge in [-0.15, -0.1) is 13.2 Å². The Morgan fingerprint density at radius 3 is 2.69 bits per heavy atom. The van der Waals surface area contributed by atoms with Crippen molar-refractivity contribution in [1.82, 2.24) is 15.0 Å². The normalized spacial score (nSPS) is 25.2. The van der Waals surface area contributed by atoms with Gasteiger partial charge in [-0.3, -0.25) is 0 Å². The first kappa shape index (κ1) is 21.1. The number of nitrogens with one attached hydrogen (secondary N) is 1. The first-order chi connectivity index (χ1) is 15.2. The third kappa shape index (κ3) is 4.26. The molecule has 32 heavy (non-hydrogen) atoms. The van der Waals surface area contributed by atoms with Gasteiger partial charge in [-0.25, -0.2) is 0 Å². The molecule has 1 aromatic carbocycles. The van der Waals surface area contributed by atoms with Gasteiger partial charge in [0.2, 0.25) is 5.88 Å². The zero-order valence-corrected chi connectivity index (χ0v) is 16.8. The summed E-state index contributed by atoms with van der Waals surface area (Å²) in [6.45, 7) is 0.394. The zero-order chi connectivity index (χ0) is 22.5. The number of aliphatic hydroxyl groups excluding tert-OH is 1. The number of pyridine rings is 1. The lowest BCUT2D eigenvalue weighted by Crippen LogP contribution is -2.34. The number of halogens is 4. The van der Waals surface area contributed by atoms with Gasteiger partial charge in [0.1, 0.15) is 34.8 Å². The van der Waals surface area contributed by atoms with Crippen LogP contribution in [0.4, 0.5) is 13.2 Å². The molecule has 2 fully saturated rings. The lowest BCUT2D eigenvalue weighted by atomic mass is 10.1.